The lowest BCUT2D eigenvalue weighted by Gasteiger charge is -2.11. The van der Waals surface area contributed by atoms with Gasteiger partial charge >= 0.3 is 0 Å². The standard InChI is InChI=1S/C16H38N4/c1-5-15(3)13-19-11-9-17-7-8-18-10-12-20-14-16(4)6-2/h15-20H,5-14H2,1-4H3. The molecule has 0 rings (SSSR count). The summed E-state index contributed by atoms with van der Waals surface area (Å²) in [7, 11) is 0. The monoisotopic (exact) mass is 286 g/mol. The van der Waals surface area contributed by atoms with Gasteiger partial charge in [-0.05, 0) is 24.9 Å². The van der Waals surface area contributed by atoms with E-state index in [-0.39, 0.29) is 0 Å². The van der Waals surface area contributed by atoms with E-state index < -0.39 is 0 Å². The molecule has 0 fully saturated rings. The third-order valence-corrected chi connectivity index (χ3v) is 3.82. The largest absolute Gasteiger partial charge is 0.315 e. The number of hydrogen-bond donors (Lipinski definition) is 4. The summed E-state index contributed by atoms with van der Waals surface area (Å²) in [6.45, 7) is 17.7. The van der Waals surface area contributed by atoms with Gasteiger partial charge in [-0.3, -0.25) is 0 Å². The Morgan fingerprint density at radius 2 is 0.850 bits per heavy atom. The van der Waals surface area contributed by atoms with Gasteiger partial charge in [-0.2, -0.15) is 0 Å². The number of nitrogens with one attached hydrogen (secondary N) is 4. The molecule has 0 saturated carbocycles. The predicted molar refractivity (Wildman–Crippen MR) is 90.4 cm³/mol. The Morgan fingerprint density at radius 3 is 1.15 bits per heavy atom. The Hall–Kier alpha value is -0.160. The van der Waals surface area contributed by atoms with Crippen molar-refractivity contribution in [3.8, 4) is 0 Å². The predicted octanol–water partition coefficient (Wildman–Crippen LogP) is 1.44. The van der Waals surface area contributed by atoms with Crippen LogP contribution in [-0.4, -0.2) is 52.4 Å². The van der Waals surface area contributed by atoms with E-state index in [0.717, 1.165) is 64.2 Å². The third-order valence-electron chi connectivity index (χ3n) is 3.82. The summed E-state index contributed by atoms with van der Waals surface area (Å²) in [5, 5.41) is 13.9. The zero-order valence-corrected chi connectivity index (χ0v) is 14.2. The van der Waals surface area contributed by atoms with E-state index in [4.69, 9.17) is 0 Å². The number of hydrogen-bond acceptors (Lipinski definition) is 4. The fourth-order valence-electron chi connectivity index (χ4n) is 1.77. The van der Waals surface area contributed by atoms with Crippen LogP contribution in [0.3, 0.4) is 0 Å². The molecule has 0 aliphatic rings. The molecule has 0 bridgehead atoms. The van der Waals surface area contributed by atoms with E-state index in [2.05, 4.69) is 49.0 Å². The minimum Gasteiger partial charge on any atom is -0.315 e. The molecule has 2 atom stereocenters. The average Bonchev–Trinajstić information content (AvgIpc) is 2.47. The molecule has 0 amide bonds. The second kappa shape index (κ2) is 15.2. The second-order valence-corrected chi connectivity index (χ2v) is 5.94. The summed E-state index contributed by atoms with van der Waals surface area (Å²) in [5.41, 5.74) is 0. The lowest BCUT2D eigenvalue weighted by Crippen LogP contribution is -2.36. The van der Waals surface area contributed by atoms with Gasteiger partial charge < -0.3 is 21.3 Å². The Morgan fingerprint density at radius 1 is 0.550 bits per heavy atom. The van der Waals surface area contributed by atoms with Gasteiger partial charge in [-0.15, -0.1) is 0 Å². The van der Waals surface area contributed by atoms with Gasteiger partial charge in [0.05, 0.1) is 0 Å². The molecule has 0 saturated heterocycles. The van der Waals surface area contributed by atoms with Crippen molar-refractivity contribution in [2.24, 2.45) is 11.8 Å². The highest BCUT2D eigenvalue weighted by atomic mass is 15.0. The van der Waals surface area contributed by atoms with E-state index in [1.807, 2.05) is 0 Å². The fraction of sp³-hybridized carbons (Fsp3) is 1.00. The summed E-state index contributed by atoms with van der Waals surface area (Å²) in [4.78, 5) is 0. The molecule has 4 N–H and O–H groups in total. The molecule has 4 nitrogen and oxygen atoms in total. The van der Waals surface area contributed by atoms with Crippen molar-refractivity contribution in [1.29, 1.82) is 0 Å². The van der Waals surface area contributed by atoms with Crippen LogP contribution in [-0.2, 0) is 0 Å². The van der Waals surface area contributed by atoms with Crippen LogP contribution in [0.4, 0.5) is 0 Å². The average molecular weight is 287 g/mol. The van der Waals surface area contributed by atoms with Gasteiger partial charge in [0.2, 0.25) is 0 Å². The van der Waals surface area contributed by atoms with Crippen LogP contribution in [0.1, 0.15) is 40.5 Å². The van der Waals surface area contributed by atoms with E-state index in [1.54, 1.807) is 0 Å². The van der Waals surface area contributed by atoms with Crippen LogP contribution in [0.25, 0.3) is 0 Å². The molecule has 0 spiro atoms. The summed E-state index contributed by atoms with van der Waals surface area (Å²) in [6, 6.07) is 0. The van der Waals surface area contributed by atoms with Gasteiger partial charge in [-0.1, -0.05) is 40.5 Å². The van der Waals surface area contributed by atoms with E-state index >= 15 is 0 Å². The van der Waals surface area contributed by atoms with Crippen molar-refractivity contribution in [3.05, 3.63) is 0 Å². The van der Waals surface area contributed by atoms with Crippen LogP contribution in [0, 0.1) is 11.8 Å². The SMILES string of the molecule is CCC(C)CNCCNCCNCCNCC(C)CC. The highest BCUT2D eigenvalue weighted by Crippen LogP contribution is 1.96. The first-order valence-corrected chi connectivity index (χ1v) is 8.53. The van der Waals surface area contributed by atoms with E-state index in [0.29, 0.717) is 0 Å². The normalized spacial score (nSPS) is 14.4. The number of rotatable bonds is 15. The Labute approximate surface area is 126 Å². The lowest BCUT2D eigenvalue weighted by atomic mass is 10.1. The molecule has 0 aliphatic heterocycles. The minimum atomic E-state index is 0.791. The first-order chi connectivity index (χ1) is 9.70. The van der Waals surface area contributed by atoms with Crippen LogP contribution < -0.4 is 21.3 Å². The zero-order chi connectivity index (χ0) is 15.1. The van der Waals surface area contributed by atoms with Gasteiger partial charge in [0.1, 0.15) is 0 Å². The molecular weight excluding hydrogens is 248 g/mol. The van der Waals surface area contributed by atoms with Crippen LogP contribution in [0.15, 0.2) is 0 Å². The topological polar surface area (TPSA) is 48.1 Å². The minimum absolute atomic E-state index is 0.791. The summed E-state index contributed by atoms with van der Waals surface area (Å²) in [5.74, 6) is 1.58. The van der Waals surface area contributed by atoms with Crippen molar-refractivity contribution in [1.82, 2.24) is 21.3 Å². The molecule has 20 heavy (non-hydrogen) atoms. The maximum Gasteiger partial charge on any atom is 0.00772 e. The van der Waals surface area contributed by atoms with Crippen LogP contribution >= 0.6 is 0 Å². The molecule has 0 aromatic heterocycles. The molecule has 0 heterocycles. The summed E-state index contributed by atoms with van der Waals surface area (Å²) >= 11 is 0. The molecule has 4 heteroatoms. The maximum absolute atomic E-state index is 3.48. The van der Waals surface area contributed by atoms with Crippen molar-refractivity contribution >= 4 is 0 Å². The van der Waals surface area contributed by atoms with Gasteiger partial charge in [0.15, 0.2) is 0 Å². The first kappa shape index (κ1) is 19.8. The van der Waals surface area contributed by atoms with Crippen LogP contribution in [0.2, 0.25) is 0 Å². The molecule has 2 unspecified atom stereocenters. The third kappa shape index (κ3) is 14.3. The second-order valence-electron chi connectivity index (χ2n) is 5.94. The summed E-state index contributed by atoms with van der Waals surface area (Å²) in [6.07, 6.45) is 2.52. The van der Waals surface area contributed by atoms with Gasteiger partial charge in [-0.25, -0.2) is 0 Å². The molecule has 122 valence electrons. The lowest BCUT2D eigenvalue weighted by molar-refractivity contribution is 0.484. The van der Waals surface area contributed by atoms with E-state index in [1.165, 1.54) is 12.8 Å². The van der Waals surface area contributed by atoms with Crippen LogP contribution in [0.5, 0.6) is 0 Å². The highest BCUT2D eigenvalue weighted by Gasteiger charge is 1.97. The van der Waals surface area contributed by atoms with Crippen molar-refractivity contribution in [2.75, 3.05) is 52.4 Å². The molecule has 0 radical (unpaired) electrons. The summed E-state index contributed by atoms with van der Waals surface area (Å²) < 4.78 is 0. The quantitative estimate of drug-likeness (QED) is 0.344. The molecule has 0 aromatic rings. The molecule has 0 aromatic carbocycles. The highest BCUT2D eigenvalue weighted by molar-refractivity contribution is 4.59. The zero-order valence-electron chi connectivity index (χ0n) is 14.2. The van der Waals surface area contributed by atoms with Crippen molar-refractivity contribution < 1.29 is 0 Å². The molecular formula is C16H38N4. The Balaban J connectivity index is 3.03. The maximum atomic E-state index is 3.48. The Kier molecular flexibility index (Phi) is 15.1. The smallest absolute Gasteiger partial charge is 0.00772 e. The molecule has 0 aliphatic carbocycles. The Bertz CT molecular complexity index is 167. The fourth-order valence-corrected chi connectivity index (χ4v) is 1.77. The van der Waals surface area contributed by atoms with Crippen molar-refractivity contribution in [2.45, 2.75) is 40.5 Å². The first-order valence-electron chi connectivity index (χ1n) is 8.53. The van der Waals surface area contributed by atoms with Gasteiger partial charge in [0, 0.05) is 39.3 Å². The van der Waals surface area contributed by atoms with Gasteiger partial charge in [0.25, 0.3) is 0 Å². The van der Waals surface area contributed by atoms with Crippen molar-refractivity contribution in [3.63, 3.8) is 0 Å². The van der Waals surface area contributed by atoms with E-state index in [9.17, 15) is 0 Å².